The Balaban J connectivity index is 2.04. The highest BCUT2D eigenvalue weighted by atomic mass is 16.5. The van der Waals surface area contributed by atoms with Crippen LogP contribution in [0.4, 0.5) is 0 Å². The molecule has 0 amide bonds. The van der Waals surface area contributed by atoms with Gasteiger partial charge in [-0.3, -0.25) is 4.90 Å². The van der Waals surface area contributed by atoms with E-state index in [1.165, 1.54) is 11.1 Å². The van der Waals surface area contributed by atoms with E-state index in [2.05, 4.69) is 49.9 Å². The molecule has 3 heteroatoms. The summed E-state index contributed by atoms with van der Waals surface area (Å²) in [7, 11) is 2.05. The van der Waals surface area contributed by atoms with E-state index in [0.29, 0.717) is 6.61 Å². The lowest BCUT2D eigenvalue weighted by atomic mass is 9.91. The van der Waals surface area contributed by atoms with Crippen molar-refractivity contribution >= 4 is 0 Å². The number of nitrogens with zero attached hydrogens (tertiary/aromatic N) is 1. The van der Waals surface area contributed by atoms with Crippen LogP contribution in [0.2, 0.25) is 0 Å². The summed E-state index contributed by atoms with van der Waals surface area (Å²) in [5.74, 6) is 0. The predicted molar refractivity (Wildman–Crippen MR) is 81.8 cm³/mol. The maximum Gasteiger partial charge on any atom is 0.116 e. The third kappa shape index (κ3) is 2.90. The lowest BCUT2D eigenvalue weighted by Crippen LogP contribution is -2.52. The van der Waals surface area contributed by atoms with Gasteiger partial charge in [0, 0.05) is 0 Å². The third-order valence-electron chi connectivity index (χ3n) is 4.82. The van der Waals surface area contributed by atoms with Crippen LogP contribution in [-0.2, 0) is 17.6 Å². The summed E-state index contributed by atoms with van der Waals surface area (Å²) in [6.07, 6.45) is 2.95. The molecule has 1 aromatic rings. The third-order valence-corrected chi connectivity index (χ3v) is 4.82. The van der Waals surface area contributed by atoms with Crippen molar-refractivity contribution in [1.82, 2.24) is 4.90 Å². The zero-order valence-electron chi connectivity index (χ0n) is 13.1. The lowest BCUT2D eigenvalue weighted by Gasteiger charge is -2.38. The molecule has 2 rings (SSSR count). The van der Waals surface area contributed by atoms with E-state index in [-0.39, 0.29) is 17.9 Å². The van der Waals surface area contributed by atoms with Crippen LogP contribution in [0.25, 0.3) is 0 Å². The first kappa shape index (κ1) is 15.5. The molecule has 1 aliphatic heterocycles. The Morgan fingerprint density at radius 1 is 1.20 bits per heavy atom. The van der Waals surface area contributed by atoms with Gasteiger partial charge in [-0.1, -0.05) is 31.2 Å². The van der Waals surface area contributed by atoms with E-state index < -0.39 is 0 Å². The van der Waals surface area contributed by atoms with Crippen LogP contribution in [0.5, 0.6) is 0 Å². The van der Waals surface area contributed by atoms with Crippen molar-refractivity contribution in [2.75, 3.05) is 20.3 Å². The largest absolute Gasteiger partial charge is 0.394 e. The SMILES string of the molecule is CCc1ccc(CCC2(CO)COC(C)(C)N2C)cc1. The number of likely N-dealkylation sites (N-methyl/N-ethyl adjacent to an activating group) is 1. The smallest absolute Gasteiger partial charge is 0.116 e. The molecule has 1 aromatic carbocycles. The summed E-state index contributed by atoms with van der Waals surface area (Å²) in [6, 6.07) is 8.79. The van der Waals surface area contributed by atoms with E-state index in [4.69, 9.17) is 4.74 Å². The molecule has 0 aromatic heterocycles. The molecular weight excluding hydrogens is 250 g/mol. The van der Waals surface area contributed by atoms with E-state index in [1.807, 2.05) is 7.05 Å². The Hall–Kier alpha value is -0.900. The van der Waals surface area contributed by atoms with Gasteiger partial charge in [0.1, 0.15) is 5.72 Å². The highest BCUT2D eigenvalue weighted by Gasteiger charge is 2.48. The second kappa shape index (κ2) is 5.84. The van der Waals surface area contributed by atoms with Crippen LogP contribution in [0.3, 0.4) is 0 Å². The molecule has 0 radical (unpaired) electrons. The molecule has 1 aliphatic rings. The molecule has 0 aliphatic carbocycles. The number of aliphatic hydroxyl groups excluding tert-OH is 1. The number of aliphatic hydroxyl groups is 1. The number of aryl methyl sites for hydroxylation is 2. The minimum absolute atomic E-state index is 0.139. The molecule has 0 saturated carbocycles. The van der Waals surface area contributed by atoms with Gasteiger partial charge in [-0.25, -0.2) is 0 Å². The fraction of sp³-hybridized carbons (Fsp3) is 0.647. The molecule has 0 spiro atoms. The van der Waals surface area contributed by atoms with E-state index >= 15 is 0 Å². The zero-order chi connectivity index (χ0) is 14.8. The van der Waals surface area contributed by atoms with E-state index in [9.17, 15) is 5.11 Å². The zero-order valence-corrected chi connectivity index (χ0v) is 13.1. The van der Waals surface area contributed by atoms with Crippen molar-refractivity contribution in [3.8, 4) is 0 Å². The first-order chi connectivity index (χ1) is 9.43. The molecule has 0 bridgehead atoms. The molecule has 1 atom stereocenters. The topological polar surface area (TPSA) is 32.7 Å². The van der Waals surface area contributed by atoms with Gasteiger partial charge in [-0.15, -0.1) is 0 Å². The summed E-state index contributed by atoms with van der Waals surface area (Å²) in [5, 5.41) is 9.86. The van der Waals surface area contributed by atoms with Crippen LogP contribution < -0.4 is 0 Å². The number of rotatable bonds is 5. The van der Waals surface area contributed by atoms with Crippen LogP contribution in [0.1, 0.15) is 38.3 Å². The first-order valence-electron chi connectivity index (χ1n) is 7.50. The fourth-order valence-corrected chi connectivity index (χ4v) is 2.87. The van der Waals surface area contributed by atoms with Gasteiger partial charge in [0.05, 0.1) is 18.8 Å². The second-order valence-electron chi connectivity index (χ2n) is 6.35. The molecule has 1 fully saturated rings. The molecule has 1 heterocycles. The van der Waals surface area contributed by atoms with Crippen molar-refractivity contribution < 1.29 is 9.84 Å². The maximum atomic E-state index is 9.86. The molecule has 1 unspecified atom stereocenters. The fourth-order valence-electron chi connectivity index (χ4n) is 2.87. The van der Waals surface area contributed by atoms with Gasteiger partial charge < -0.3 is 9.84 Å². The number of ether oxygens (including phenoxy) is 1. The van der Waals surface area contributed by atoms with Crippen LogP contribution in [0, 0.1) is 0 Å². The quantitative estimate of drug-likeness (QED) is 0.898. The maximum absolute atomic E-state index is 9.86. The van der Waals surface area contributed by atoms with Crippen molar-refractivity contribution in [1.29, 1.82) is 0 Å². The van der Waals surface area contributed by atoms with Crippen molar-refractivity contribution in [3.05, 3.63) is 35.4 Å². The predicted octanol–water partition coefficient (Wildman–Crippen LogP) is 2.61. The van der Waals surface area contributed by atoms with Crippen LogP contribution >= 0.6 is 0 Å². The molecular formula is C17H27NO2. The summed E-state index contributed by atoms with van der Waals surface area (Å²) >= 11 is 0. The summed E-state index contributed by atoms with van der Waals surface area (Å²) in [4.78, 5) is 2.18. The van der Waals surface area contributed by atoms with E-state index in [1.54, 1.807) is 0 Å². The van der Waals surface area contributed by atoms with Gasteiger partial charge >= 0.3 is 0 Å². The summed E-state index contributed by atoms with van der Waals surface area (Å²) in [5.41, 5.74) is 2.14. The Morgan fingerprint density at radius 2 is 1.80 bits per heavy atom. The second-order valence-corrected chi connectivity index (χ2v) is 6.35. The average molecular weight is 277 g/mol. The molecule has 1 N–H and O–H groups in total. The van der Waals surface area contributed by atoms with Gasteiger partial charge in [-0.05, 0) is 51.3 Å². The Bertz CT molecular complexity index is 441. The standard InChI is InChI=1S/C17H27NO2/c1-5-14-6-8-15(9-7-14)10-11-17(12-19)13-20-16(2,3)18(17)4/h6-9,19H,5,10-13H2,1-4H3. The van der Waals surface area contributed by atoms with Crippen LogP contribution in [0.15, 0.2) is 24.3 Å². The number of benzene rings is 1. The Labute approximate surface area is 122 Å². The highest BCUT2D eigenvalue weighted by Crippen LogP contribution is 2.36. The Kier molecular flexibility index (Phi) is 4.52. The number of hydrogen-bond donors (Lipinski definition) is 1. The minimum atomic E-state index is -0.297. The summed E-state index contributed by atoms with van der Waals surface area (Å²) in [6.45, 7) is 7.02. The summed E-state index contributed by atoms with van der Waals surface area (Å²) < 4.78 is 5.85. The highest BCUT2D eigenvalue weighted by molar-refractivity contribution is 5.23. The lowest BCUT2D eigenvalue weighted by molar-refractivity contribution is -0.0517. The van der Waals surface area contributed by atoms with Gasteiger partial charge in [-0.2, -0.15) is 0 Å². The van der Waals surface area contributed by atoms with Gasteiger partial charge in [0.2, 0.25) is 0 Å². The van der Waals surface area contributed by atoms with E-state index in [0.717, 1.165) is 19.3 Å². The Morgan fingerprint density at radius 3 is 2.25 bits per heavy atom. The van der Waals surface area contributed by atoms with Crippen molar-refractivity contribution in [2.45, 2.75) is 51.3 Å². The average Bonchev–Trinajstić information content (AvgIpc) is 2.70. The minimum Gasteiger partial charge on any atom is -0.394 e. The van der Waals surface area contributed by atoms with Gasteiger partial charge in [0.25, 0.3) is 0 Å². The van der Waals surface area contributed by atoms with Crippen LogP contribution in [-0.4, -0.2) is 41.5 Å². The van der Waals surface area contributed by atoms with Crippen molar-refractivity contribution in [3.63, 3.8) is 0 Å². The van der Waals surface area contributed by atoms with Crippen molar-refractivity contribution in [2.24, 2.45) is 0 Å². The molecule has 112 valence electrons. The van der Waals surface area contributed by atoms with Gasteiger partial charge in [0.15, 0.2) is 0 Å². The normalized spacial score (nSPS) is 26.1. The molecule has 20 heavy (non-hydrogen) atoms. The first-order valence-corrected chi connectivity index (χ1v) is 7.50. The number of hydrogen-bond acceptors (Lipinski definition) is 3. The molecule has 3 nitrogen and oxygen atoms in total. The monoisotopic (exact) mass is 277 g/mol. The molecule has 1 saturated heterocycles.